The van der Waals surface area contributed by atoms with E-state index in [9.17, 15) is 19.5 Å². The number of aromatic nitrogens is 4. The van der Waals surface area contributed by atoms with Crippen LogP contribution in [-0.4, -0.2) is 78.9 Å². The maximum Gasteiger partial charge on any atom is 0.352 e. The summed E-state index contributed by atoms with van der Waals surface area (Å²) in [6.45, 7) is 1.15. The molecule has 0 saturated carbocycles. The Bertz CT molecular complexity index is 1120. The van der Waals surface area contributed by atoms with Gasteiger partial charge < -0.3 is 15.7 Å². The highest BCUT2D eigenvalue weighted by Gasteiger charge is 2.60. The van der Waals surface area contributed by atoms with Crippen molar-refractivity contribution in [1.82, 2.24) is 35.7 Å². The van der Waals surface area contributed by atoms with E-state index < -0.39 is 5.97 Å². The Morgan fingerprint density at radius 3 is 2.88 bits per heavy atom. The third-order valence-corrected chi connectivity index (χ3v) is 7.30. The number of carbonyl (C=O) groups is 3. The van der Waals surface area contributed by atoms with Gasteiger partial charge in [-0.3, -0.25) is 14.5 Å². The number of β-lactam (4-membered cyclic amide) rings is 1. The zero-order valence-electron chi connectivity index (χ0n) is 17.7. The van der Waals surface area contributed by atoms with Crippen molar-refractivity contribution < 1.29 is 19.5 Å². The van der Waals surface area contributed by atoms with Crippen LogP contribution in [0.1, 0.15) is 12.0 Å². The fourth-order valence-corrected chi connectivity index (χ4v) is 5.78. The number of thioether (sulfide) groups is 1. The minimum absolute atomic E-state index is 0.0122. The van der Waals surface area contributed by atoms with Gasteiger partial charge in [-0.05, 0) is 40.9 Å². The Hall–Kier alpha value is -3.25. The van der Waals surface area contributed by atoms with Crippen LogP contribution in [0.4, 0.5) is 0 Å². The van der Waals surface area contributed by atoms with Gasteiger partial charge in [-0.2, -0.15) is 0 Å². The fraction of sp³-hybridized carbons (Fsp3) is 0.429. The van der Waals surface area contributed by atoms with Crippen LogP contribution in [-0.2, 0) is 27.3 Å². The molecule has 2 saturated heterocycles. The second-order valence-corrected chi connectivity index (χ2v) is 9.14. The van der Waals surface area contributed by atoms with Gasteiger partial charge in [0.1, 0.15) is 18.3 Å². The highest BCUT2D eigenvalue weighted by atomic mass is 32.2. The predicted octanol–water partition coefficient (Wildman–Crippen LogP) is -0.335. The molecule has 3 N–H and O–H groups in total. The standard InChI is InChI=1S/C21H23N7O4S/c29-15(22-8-6-12-4-2-1-3-5-12)10-27-21(24-25-26-27)33-11-14-13-7-9-23-16-17(13)28(19(16)30)18(14)20(31)32/h1-5,13,16-17,23H,6-11H2,(H,22,29)(H,31,32)/t13?,16-,17+/m0/s1. The molecule has 33 heavy (non-hydrogen) atoms. The van der Waals surface area contributed by atoms with Crippen LogP contribution >= 0.6 is 11.8 Å². The molecule has 4 heterocycles. The van der Waals surface area contributed by atoms with Crippen LogP contribution in [0.25, 0.3) is 0 Å². The van der Waals surface area contributed by atoms with Gasteiger partial charge in [0.2, 0.25) is 17.0 Å². The second kappa shape index (κ2) is 8.94. The first-order chi connectivity index (χ1) is 16.0. The number of nitrogens with one attached hydrogen (secondary N) is 2. The Balaban J connectivity index is 1.21. The fourth-order valence-electron chi connectivity index (χ4n) is 4.81. The molecule has 0 bridgehead atoms. The summed E-state index contributed by atoms with van der Waals surface area (Å²) in [6, 6.07) is 9.45. The van der Waals surface area contributed by atoms with Crippen molar-refractivity contribution >= 4 is 29.5 Å². The van der Waals surface area contributed by atoms with Gasteiger partial charge in [0.05, 0.1) is 6.04 Å². The van der Waals surface area contributed by atoms with Gasteiger partial charge in [0, 0.05) is 18.2 Å². The number of amides is 2. The average Bonchev–Trinajstić information content (AvgIpc) is 3.39. The van der Waals surface area contributed by atoms with Crippen molar-refractivity contribution in [1.29, 1.82) is 0 Å². The Morgan fingerprint density at radius 1 is 1.27 bits per heavy atom. The second-order valence-electron chi connectivity index (χ2n) is 8.20. The summed E-state index contributed by atoms with van der Waals surface area (Å²) in [5, 5.41) is 27.8. The summed E-state index contributed by atoms with van der Waals surface area (Å²) in [4.78, 5) is 38.1. The minimum atomic E-state index is -1.09. The molecule has 172 valence electrons. The van der Waals surface area contributed by atoms with E-state index in [1.165, 1.54) is 21.3 Å². The van der Waals surface area contributed by atoms with Gasteiger partial charge in [-0.25, -0.2) is 9.48 Å². The Kier molecular flexibility index (Phi) is 5.85. The number of rotatable bonds is 9. The summed E-state index contributed by atoms with van der Waals surface area (Å²) in [5.41, 5.74) is 1.95. The first-order valence-electron chi connectivity index (χ1n) is 10.8. The summed E-state index contributed by atoms with van der Waals surface area (Å²) in [7, 11) is 0. The van der Waals surface area contributed by atoms with Gasteiger partial charge in [-0.1, -0.05) is 42.1 Å². The maximum absolute atomic E-state index is 12.4. The molecule has 1 unspecified atom stereocenters. The van der Waals surface area contributed by atoms with Crippen molar-refractivity contribution in [2.75, 3.05) is 18.8 Å². The zero-order valence-corrected chi connectivity index (χ0v) is 18.5. The van der Waals surface area contributed by atoms with Crippen molar-refractivity contribution in [2.24, 2.45) is 5.92 Å². The van der Waals surface area contributed by atoms with Gasteiger partial charge in [0.25, 0.3) is 0 Å². The third kappa shape index (κ3) is 4.00. The van der Waals surface area contributed by atoms with E-state index in [-0.39, 0.29) is 42.1 Å². The van der Waals surface area contributed by atoms with E-state index in [1.54, 1.807) is 0 Å². The van der Waals surface area contributed by atoms with E-state index in [0.717, 1.165) is 24.0 Å². The molecule has 2 aromatic rings. The van der Waals surface area contributed by atoms with Crippen LogP contribution in [0.5, 0.6) is 0 Å². The number of piperidine rings is 1. The topological polar surface area (TPSA) is 142 Å². The van der Waals surface area contributed by atoms with Crippen molar-refractivity contribution in [2.45, 2.75) is 36.6 Å². The molecular formula is C21H23N7O4S. The van der Waals surface area contributed by atoms with Crippen LogP contribution < -0.4 is 10.6 Å². The van der Waals surface area contributed by atoms with E-state index in [1.807, 2.05) is 30.3 Å². The van der Waals surface area contributed by atoms with Gasteiger partial charge in [-0.15, -0.1) is 5.10 Å². The number of carboxylic acids is 1. The SMILES string of the molecule is O=C(Cn1nnnc1SCC1=C(C(=O)O)N2C(=O)[C@H]3NCCC1[C@H]32)NCCc1ccccc1. The summed E-state index contributed by atoms with van der Waals surface area (Å²) < 4.78 is 1.41. The molecule has 0 spiro atoms. The van der Waals surface area contributed by atoms with Crippen molar-refractivity contribution in [3.05, 3.63) is 47.2 Å². The molecule has 5 rings (SSSR count). The molecule has 11 nitrogen and oxygen atoms in total. The van der Waals surface area contributed by atoms with Crippen LogP contribution in [0.3, 0.4) is 0 Å². The molecule has 0 aliphatic carbocycles. The lowest BCUT2D eigenvalue weighted by Gasteiger charge is -2.48. The van der Waals surface area contributed by atoms with Crippen LogP contribution in [0.15, 0.2) is 46.8 Å². The first kappa shape index (κ1) is 21.6. The van der Waals surface area contributed by atoms with Crippen molar-refractivity contribution in [3.8, 4) is 0 Å². The molecule has 12 heteroatoms. The number of carboxylic acid groups (broad SMARTS) is 1. The molecule has 1 aromatic carbocycles. The van der Waals surface area contributed by atoms with Gasteiger partial charge >= 0.3 is 5.97 Å². The predicted molar refractivity (Wildman–Crippen MR) is 117 cm³/mol. The smallest absolute Gasteiger partial charge is 0.352 e. The minimum Gasteiger partial charge on any atom is -0.477 e. The summed E-state index contributed by atoms with van der Waals surface area (Å²) >= 11 is 1.28. The number of hydrogen-bond acceptors (Lipinski definition) is 8. The number of hydrogen-bond donors (Lipinski definition) is 3. The highest BCUT2D eigenvalue weighted by Crippen LogP contribution is 2.47. The third-order valence-electron chi connectivity index (χ3n) is 6.30. The molecular weight excluding hydrogens is 446 g/mol. The van der Waals surface area contributed by atoms with Crippen molar-refractivity contribution in [3.63, 3.8) is 0 Å². The van der Waals surface area contributed by atoms with E-state index in [4.69, 9.17) is 0 Å². The van der Waals surface area contributed by atoms with E-state index in [0.29, 0.717) is 24.0 Å². The molecule has 2 amide bonds. The molecule has 3 aliphatic rings. The number of aliphatic carboxylic acids is 1. The molecule has 2 fully saturated rings. The molecule has 0 radical (unpaired) electrons. The summed E-state index contributed by atoms with van der Waals surface area (Å²) in [5.74, 6) is -1.13. The first-order valence-corrected chi connectivity index (χ1v) is 11.8. The monoisotopic (exact) mass is 469 g/mol. The maximum atomic E-state index is 12.4. The number of carbonyl (C=O) groups excluding carboxylic acids is 2. The largest absolute Gasteiger partial charge is 0.477 e. The number of benzene rings is 1. The molecule has 3 atom stereocenters. The number of nitrogens with zero attached hydrogens (tertiary/aromatic N) is 5. The normalized spacial score (nSPS) is 23.3. The quantitative estimate of drug-likeness (QED) is 0.332. The number of tetrazole rings is 1. The lowest BCUT2D eigenvalue weighted by molar-refractivity contribution is -0.154. The average molecular weight is 470 g/mol. The zero-order chi connectivity index (χ0) is 22.9. The van der Waals surface area contributed by atoms with E-state index in [2.05, 4.69) is 26.2 Å². The van der Waals surface area contributed by atoms with Crippen LogP contribution in [0.2, 0.25) is 0 Å². The van der Waals surface area contributed by atoms with Crippen LogP contribution in [0, 0.1) is 5.92 Å². The van der Waals surface area contributed by atoms with E-state index >= 15 is 0 Å². The molecule has 3 aliphatic heterocycles. The Labute approximate surface area is 193 Å². The van der Waals surface area contributed by atoms with Gasteiger partial charge in [0.15, 0.2) is 0 Å². The molecule has 1 aromatic heterocycles. The lowest BCUT2D eigenvalue weighted by atomic mass is 9.80. The highest BCUT2D eigenvalue weighted by molar-refractivity contribution is 7.99. The Morgan fingerprint density at radius 2 is 2.09 bits per heavy atom. The summed E-state index contributed by atoms with van der Waals surface area (Å²) in [6.07, 6.45) is 1.50. The lowest BCUT2D eigenvalue weighted by Crippen LogP contribution is -2.71.